The maximum atomic E-state index is 11.3. The third kappa shape index (κ3) is 11.6. The van der Waals surface area contributed by atoms with E-state index in [2.05, 4.69) is 49.1 Å². The van der Waals surface area contributed by atoms with Gasteiger partial charge in [-0.25, -0.2) is 4.79 Å². The number of hydrogen-bond acceptors (Lipinski definition) is 5. The Bertz CT molecular complexity index is 778. The van der Waals surface area contributed by atoms with Crippen molar-refractivity contribution in [2.24, 2.45) is 0 Å². The molecule has 0 amide bonds. The van der Waals surface area contributed by atoms with E-state index in [1.54, 1.807) is 14.0 Å². The van der Waals surface area contributed by atoms with E-state index in [4.69, 9.17) is 18.9 Å². The summed E-state index contributed by atoms with van der Waals surface area (Å²) in [4.78, 5) is 11.3. The van der Waals surface area contributed by atoms with Crippen molar-refractivity contribution in [2.45, 2.75) is 70.6 Å². The first-order valence-electron chi connectivity index (χ1n) is 12.7. The quantitative estimate of drug-likeness (QED) is 0.133. The molecule has 5 heteroatoms. The number of unbranched alkanes of at least 4 members (excludes halogenated alkanes) is 6. The molecular weight excluding hydrogens is 428 g/mol. The average Bonchev–Trinajstić information content (AvgIpc) is 2.85. The summed E-state index contributed by atoms with van der Waals surface area (Å²) in [6.45, 7) is 8.03. The predicted molar refractivity (Wildman–Crippen MR) is 137 cm³/mol. The van der Waals surface area contributed by atoms with Gasteiger partial charge in [0.2, 0.25) is 0 Å². The number of rotatable bonds is 18. The Kier molecular flexibility index (Phi) is 13.8. The van der Waals surface area contributed by atoms with E-state index >= 15 is 0 Å². The predicted octanol–water partition coefficient (Wildman–Crippen LogP) is 6.90. The van der Waals surface area contributed by atoms with E-state index < -0.39 is 0 Å². The van der Waals surface area contributed by atoms with Crippen molar-refractivity contribution in [3.05, 3.63) is 66.0 Å². The van der Waals surface area contributed by atoms with Crippen molar-refractivity contribution in [1.82, 2.24) is 0 Å². The minimum atomic E-state index is -0.304. The van der Waals surface area contributed by atoms with Gasteiger partial charge in [0.15, 0.2) is 0 Å². The van der Waals surface area contributed by atoms with Crippen molar-refractivity contribution in [3.63, 3.8) is 0 Å². The molecule has 0 fully saturated rings. The van der Waals surface area contributed by atoms with E-state index in [0.29, 0.717) is 24.7 Å². The van der Waals surface area contributed by atoms with Crippen LogP contribution in [0.4, 0.5) is 0 Å². The van der Waals surface area contributed by atoms with Gasteiger partial charge in [0.25, 0.3) is 0 Å². The molecule has 1 aliphatic carbocycles. The van der Waals surface area contributed by atoms with Gasteiger partial charge in [0.05, 0.1) is 19.8 Å². The summed E-state index contributed by atoms with van der Waals surface area (Å²) in [6, 6.07) is 8.47. The van der Waals surface area contributed by atoms with Crippen molar-refractivity contribution in [3.8, 4) is 5.75 Å². The fourth-order valence-corrected chi connectivity index (χ4v) is 3.69. The van der Waals surface area contributed by atoms with Crippen molar-refractivity contribution in [2.75, 3.05) is 33.5 Å². The van der Waals surface area contributed by atoms with Crippen LogP contribution >= 0.6 is 0 Å². The Labute approximate surface area is 205 Å². The van der Waals surface area contributed by atoms with Gasteiger partial charge in [-0.3, -0.25) is 0 Å². The lowest BCUT2D eigenvalue weighted by Crippen LogP contribution is -2.06. The molecule has 0 saturated carbocycles. The van der Waals surface area contributed by atoms with Gasteiger partial charge >= 0.3 is 5.97 Å². The number of allylic oxidation sites excluding steroid dienone is 3. The van der Waals surface area contributed by atoms with Crippen molar-refractivity contribution < 1.29 is 23.7 Å². The molecule has 1 unspecified atom stereocenters. The van der Waals surface area contributed by atoms with Crippen LogP contribution in [0, 0.1) is 0 Å². The minimum Gasteiger partial charge on any atom is -0.494 e. The maximum Gasteiger partial charge on any atom is 0.333 e. The summed E-state index contributed by atoms with van der Waals surface area (Å²) in [6.07, 6.45) is 16.0. The first kappa shape index (κ1) is 27.7. The Balaban J connectivity index is 1.54. The Hall–Kier alpha value is -2.53. The monoisotopic (exact) mass is 470 g/mol. The lowest BCUT2D eigenvalue weighted by molar-refractivity contribution is -0.139. The molecule has 0 heterocycles. The van der Waals surface area contributed by atoms with E-state index in [1.807, 2.05) is 0 Å². The molecule has 0 radical (unpaired) electrons. The third-order valence-electron chi connectivity index (χ3n) is 5.77. The number of hydrogen-bond donors (Lipinski definition) is 0. The van der Waals surface area contributed by atoms with Gasteiger partial charge in [0, 0.05) is 25.2 Å². The first-order valence-corrected chi connectivity index (χ1v) is 12.7. The zero-order valence-electron chi connectivity index (χ0n) is 21.1. The van der Waals surface area contributed by atoms with Gasteiger partial charge in [-0.05, 0) is 88.1 Å². The lowest BCUT2D eigenvalue weighted by Gasteiger charge is -2.17. The summed E-state index contributed by atoms with van der Waals surface area (Å²) < 4.78 is 21.9. The van der Waals surface area contributed by atoms with Gasteiger partial charge < -0.3 is 18.9 Å². The number of carbonyl (C=O) groups is 1. The molecule has 0 bridgehead atoms. The van der Waals surface area contributed by atoms with Gasteiger partial charge in [-0.2, -0.15) is 0 Å². The molecule has 0 aliphatic heterocycles. The van der Waals surface area contributed by atoms with Crippen LogP contribution in [0.15, 0.2) is 60.4 Å². The standard InChI is InChI=1S/C29H42O5/c1-24(2)29(30)34-23-11-7-6-10-22-33-28-18-14-26(15-19-28)25-12-16-27(17-13-25)32-21-9-5-4-8-20-31-3/h12-14,16-19,26H,1,4-11,15,20-23H2,2-3H3. The topological polar surface area (TPSA) is 54.0 Å². The molecule has 188 valence electrons. The van der Waals surface area contributed by atoms with Gasteiger partial charge in [0.1, 0.15) is 11.5 Å². The fraction of sp³-hybridized carbons (Fsp3) is 0.552. The average molecular weight is 471 g/mol. The van der Waals surface area contributed by atoms with E-state index in [9.17, 15) is 4.79 Å². The van der Waals surface area contributed by atoms with Crippen LogP contribution in [0.25, 0.3) is 0 Å². The Morgan fingerprint density at radius 3 is 2.09 bits per heavy atom. The van der Waals surface area contributed by atoms with Crippen LogP contribution in [0.5, 0.6) is 5.75 Å². The maximum absolute atomic E-state index is 11.3. The highest BCUT2D eigenvalue weighted by molar-refractivity contribution is 5.86. The summed E-state index contributed by atoms with van der Waals surface area (Å²) in [7, 11) is 1.75. The minimum absolute atomic E-state index is 0.304. The fourth-order valence-electron chi connectivity index (χ4n) is 3.69. The van der Waals surface area contributed by atoms with Crippen LogP contribution in [0.1, 0.15) is 76.2 Å². The van der Waals surface area contributed by atoms with Gasteiger partial charge in [-0.1, -0.05) is 31.2 Å². The number of ether oxygens (including phenoxy) is 4. The zero-order valence-corrected chi connectivity index (χ0v) is 21.1. The summed E-state index contributed by atoms with van der Waals surface area (Å²) in [5.41, 5.74) is 1.75. The molecule has 1 aromatic carbocycles. The molecule has 0 spiro atoms. The second-order valence-electron chi connectivity index (χ2n) is 8.81. The molecule has 1 aliphatic rings. The first-order chi connectivity index (χ1) is 16.6. The number of methoxy groups -OCH3 is 1. The number of carbonyl (C=O) groups excluding carboxylic acids is 1. The molecule has 5 nitrogen and oxygen atoms in total. The molecule has 1 aromatic rings. The second-order valence-corrected chi connectivity index (χ2v) is 8.81. The summed E-state index contributed by atoms with van der Waals surface area (Å²) in [5, 5.41) is 0. The van der Waals surface area contributed by atoms with Crippen LogP contribution in [0.2, 0.25) is 0 Å². The molecule has 34 heavy (non-hydrogen) atoms. The third-order valence-corrected chi connectivity index (χ3v) is 5.77. The van der Waals surface area contributed by atoms with E-state index in [-0.39, 0.29) is 5.97 Å². The number of benzene rings is 1. The highest BCUT2D eigenvalue weighted by atomic mass is 16.5. The second kappa shape index (κ2) is 17.0. The molecular formula is C29H42O5. The SMILES string of the molecule is C=C(C)C(=O)OCCCCCCOC1=CCC(c2ccc(OCCCCCCOC)cc2)C=C1. The molecule has 0 saturated heterocycles. The number of esters is 1. The zero-order chi connectivity index (χ0) is 24.4. The Morgan fingerprint density at radius 1 is 0.882 bits per heavy atom. The van der Waals surface area contributed by atoms with Crippen LogP contribution in [0.3, 0.4) is 0 Å². The summed E-state index contributed by atoms with van der Waals surface area (Å²) >= 11 is 0. The van der Waals surface area contributed by atoms with E-state index in [0.717, 1.165) is 69.7 Å². The largest absolute Gasteiger partial charge is 0.494 e. The van der Waals surface area contributed by atoms with Crippen LogP contribution in [-0.2, 0) is 19.0 Å². The highest BCUT2D eigenvalue weighted by Crippen LogP contribution is 2.28. The normalized spacial score (nSPS) is 15.0. The summed E-state index contributed by atoms with van der Waals surface area (Å²) in [5.74, 6) is 1.97. The van der Waals surface area contributed by atoms with Crippen molar-refractivity contribution in [1.29, 1.82) is 0 Å². The molecule has 0 aromatic heterocycles. The molecule has 0 N–H and O–H groups in total. The van der Waals surface area contributed by atoms with Crippen LogP contribution < -0.4 is 4.74 Å². The molecule has 2 rings (SSSR count). The van der Waals surface area contributed by atoms with Crippen LogP contribution in [-0.4, -0.2) is 39.5 Å². The van der Waals surface area contributed by atoms with E-state index in [1.165, 1.54) is 18.4 Å². The van der Waals surface area contributed by atoms with Crippen molar-refractivity contribution >= 4 is 5.97 Å². The molecule has 1 atom stereocenters. The Morgan fingerprint density at radius 2 is 1.50 bits per heavy atom. The highest BCUT2D eigenvalue weighted by Gasteiger charge is 2.12. The lowest BCUT2D eigenvalue weighted by atomic mass is 9.92. The van der Waals surface area contributed by atoms with Gasteiger partial charge in [-0.15, -0.1) is 0 Å². The smallest absolute Gasteiger partial charge is 0.333 e.